The highest BCUT2D eigenvalue weighted by atomic mass is 16.5. The fraction of sp³-hybridized carbons (Fsp3) is 0.417. The molecule has 4 N–H and O–H groups in total. The normalized spacial score (nSPS) is 18.9. The number of benzene rings is 1. The molecule has 0 saturated carbocycles. The van der Waals surface area contributed by atoms with E-state index in [-0.39, 0.29) is 11.9 Å². The molecule has 0 spiro atoms. The van der Waals surface area contributed by atoms with Crippen LogP contribution in [0.2, 0.25) is 0 Å². The zero-order valence-electron chi connectivity index (χ0n) is 9.82. The monoisotopic (exact) mass is 235 g/mol. The Morgan fingerprint density at radius 3 is 3.06 bits per heavy atom. The minimum absolute atomic E-state index is 0.121. The first-order valence-electron chi connectivity index (χ1n) is 5.66. The zero-order valence-corrected chi connectivity index (χ0v) is 9.82. The number of nitrogens with one attached hydrogen (secondary N) is 2. The number of nitrogens with two attached hydrogens (primary N) is 1. The number of ether oxygens (including phenoxy) is 1. The molecule has 5 nitrogen and oxygen atoms in total. The van der Waals surface area contributed by atoms with Gasteiger partial charge in [-0.05, 0) is 18.6 Å². The topological polar surface area (TPSA) is 76.4 Å². The van der Waals surface area contributed by atoms with Crippen LogP contribution in [0.1, 0.15) is 12.8 Å². The summed E-state index contributed by atoms with van der Waals surface area (Å²) < 4.78 is 5.14. The van der Waals surface area contributed by atoms with Gasteiger partial charge in [0.05, 0.1) is 18.5 Å². The van der Waals surface area contributed by atoms with E-state index in [1.165, 1.54) is 0 Å². The summed E-state index contributed by atoms with van der Waals surface area (Å²) in [4.78, 5) is 11.0. The number of carbonyl (C=O) groups excluding carboxylic acids is 1. The van der Waals surface area contributed by atoms with Gasteiger partial charge in [-0.2, -0.15) is 0 Å². The zero-order chi connectivity index (χ0) is 12.3. The molecule has 92 valence electrons. The minimum atomic E-state index is 0.121. The molecule has 5 heteroatoms. The van der Waals surface area contributed by atoms with Gasteiger partial charge in [0, 0.05) is 19.0 Å². The fourth-order valence-electron chi connectivity index (χ4n) is 1.94. The van der Waals surface area contributed by atoms with Crippen molar-refractivity contribution in [2.45, 2.75) is 18.9 Å². The lowest BCUT2D eigenvalue weighted by Crippen LogP contribution is -2.31. The van der Waals surface area contributed by atoms with Crippen LogP contribution in [0.15, 0.2) is 18.2 Å². The van der Waals surface area contributed by atoms with Crippen LogP contribution in [0.3, 0.4) is 0 Å². The van der Waals surface area contributed by atoms with Gasteiger partial charge in [0.2, 0.25) is 5.91 Å². The number of hydrogen-bond acceptors (Lipinski definition) is 4. The third kappa shape index (κ3) is 2.61. The third-order valence-corrected chi connectivity index (χ3v) is 2.91. The van der Waals surface area contributed by atoms with E-state index in [9.17, 15) is 4.79 Å². The first-order chi connectivity index (χ1) is 8.20. The van der Waals surface area contributed by atoms with Gasteiger partial charge in [-0.25, -0.2) is 0 Å². The first-order valence-corrected chi connectivity index (χ1v) is 5.66. The van der Waals surface area contributed by atoms with E-state index in [1.807, 2.05) is 18.2 Å². The van der Waals surface area contributed by atoms with Gasteiger partial charge < -0.3 is 21.1 Å². The van der Waals surface area contributed by atoms with Gasteiger partial charge in [-0.1, -0.05) is 6.07 Å². The lowest BCUT2D eigenvalue weighted by atomic mass is 10.2. The van der Waals surface area contributed by atoms with Crippen LogP contribution in [0.25, 0.3) is 0 Å². The van der Waals surface area contributed by atoms with Crippen molar-refractivity contribution in [2.75, 3.05) is 24.7 Å². The second kappa shape index (κ2) is 4.95. The van der Waals surface area contributed by atoms with E-state index < -0.39 is 0 Å². The van der Waals surface area contributed by atoms with Gasteiger partial charge >= 0.3 is 0 Å². The highest BCUT2D eigenvalue weighted by Gasteiger charge is 2.20. The van der Waals surface area contributed by atoms with Crippen molar-refractivity contribution in [3.63, 3.8) is 0 Å². The summed E-state index contributed by atoms with van der Waals surface area (Å²) in [7, 11) is 1.59. The van der Waals surface area contributed by atoms with Crippen LogP contribution in [0.5, 0.6) is 5.75 Å². The molecule has 2 rings (SSSR count). The Morgan fingerprint density at radius 2 is 2.41 bits per heavy atom. The van der Waals surface area contributed by atoms with Gasteiger partial charge in [-0.3, -0.25) is 4.79 Å². The molecular weight excluding hydrogens is 218 g/mol. The van der Waals surface area contributed by atoms with Crippen LogP contribution in [-0.2, 0) is 4.79 Å². The highest BCUT2D eigenvalue weighted by Crippen LogP contribution is 2.28. The largest absolute Gasteiger partial charge is 0.495 e. The molecule has 1 heterocycles. The fourth-order valence-corrected chi connectivity index (χ4v) is 1.94. The molecule has 1 aromatic carbocycles. The van der Waals surface area contributed by atoms with E-state index >= 15 is 0 Å². The van der Waals surface area contributed by atoms with Gasteiger partial charge in [0.1, 0.15) is 5.75 Å². The number of anilines is 2. The van der Waals surface area contributed by atoms with Crippen molar-refractivity contribution < 1.29 is 9.53 Å². The first kappa shape index (κ1) is 11.6. The number of nitrogen functional groups attached to an aromatic ring is 1. The summed E-state index contributed by atoms with van der Waals surface area (Å²) in [5, 5.41) is 6.13. The number of methoxy groups -OCH3 is 1. The number of carbonyl (C=O) groups is 1. The van der Waals surface area contributed by atoms with E-state index in [2.05, 4.69) is 10.6 Å². The quantitative estimate of drug-likeness (QED) is 0.680. The number of amides is 1. The molecule has 0 aliphatic carbocycles. The molecule has 0 bridgehead atoms. The SMILES string of the molecule is COc1cccc(NCC2CCC(=O)N2)c1N. The van der Waals surface area contributed by atoms with Crippen molar-refractivity contribution in [3.8, 4) is 5.75 Å². The van der Waals surface area contributed by atoms with Gasteiger partial charge in [0.25, 0.3) is 0 Å². The average Bonchev–Trinajstić information content (AvgIpc) is 2.74. The summed E-state index contributed by atoms with van der Waals surface area (Å²) in [5.41, 5.74) is 7.37. The molecule has 0 aromatic heterocycles. The molecule has 1 fully saturated rings. The Kier molecular flexibility index (Phi) is 3.37. The molecule has 1 unspecified atom stereocenters. The predicted octanol–water partition coefficient (Wildman–Crippen LogP) is 0.968. The second-order valence-corrected chi connectivity index (χ2v) is 4.11. The average molecular weight is 235 g/mol. The molecule has 1 atom stereocenters. The number of hydrogen-bond donors (Lipinski definition) is 3. The Morgan fingerprint density at radius 1 is 1.59 bits per heavy atom. The van der Waals surface area contributed by atoms with Crippen molar-refractivity contribution in [3.05, 3.63) is 18.2 Å². The van der Waals surface area contributed by atoms with Crippen LogP contribution in [0, 0.1) is 0 Å². The molecule has 0 radical (unpaired) electrons. The Balaban J connectivity index is 1.97. The van der Waals surface area contributed by atoms with E-state index in [0.29, 0.717) is 24.4 Å². The Bertz CT molecular complexity index is 420. The lowest BCUT2D eigenvalue weighted by molar-refractivity contribution is -0.119. The van der Waals surface area contributed by atoms with Crippen LogP contribution in [0.4, 0.5) is 11.4 Å². The molecule has 1 aliphatic heterocycles. The summed E-state index contributed by atoms with van der Waals surface area (Å²) in [6.45, 7) is 0.684. The van der Waals surface area contributed by atoms with Gasteiger partial charge in [0.15, 0.2) is 0 Å². The number of para-hydroxylation sites is 1. The van der Waals surface area contributed by atoms with Crippen molar-refractivity contribution in [2.24, 2.45) is 0 Å². The maximum Gasteiger partial charge on any atom is 0.220 e. The molecule has 1 aromatic rings. The molecule has 1 amide bonds. The smallest absolute Gasteiger partial charge is 0.220 e. The van der Waals surface area contributed by atoms with Crippen LogP contribution >= 0.6 is 0 Å². The van der Waals surface area contributed by atoms with Crippen molar-refractivity contribution >= 4 is 17.3 Å². The van der Waals surface area contributed by atoms with Crippen LogP contribution in [-0.4, -0.2) is 25.6 Å². The van der Waals surface area contributed by atoms with Crippen molar-refractivity contribution in [1.82, 2.24) is 5.32 Å². The van der Waals surface area contributed by atoms with Crippen molar-refractivity contribution in [1.29, 1.82) is 0 Å². The molecule has 17 heavy (non-hydrogen) atoms. The molecule has 1 aliphatic rings. The Hall–Kier alpha value is -1.91. The maximum atomic E-state index is 11.0. The van der Waals surface area contributed by atoms with Gasteiger partial charge in [-0.15, -0.1) is 0 Å². The lowest BCUT2D eigenvalue weighted by Gasteiger charge is -2.15. The van der Waals surface area contributed by atoms with E-state index in [4.69, 9.17) is 10.5 Å². The predicted molar refractivity (Wildman–Crippen MR) is 67.1 cm³/mol. The van der Waals surface area contributed by atoms with E-state index in [0.717, 1.165) is 12.1 Å². The summed E-state index contributed by atoms with van der Waals surface area (Å²) in [5.74, 6) is 0.779. The second-order valence-electron chi connectivity index (χ2n) is 4.11. The minimum Gasteiger partial charge on any atom is -0.495 e. The highest BCUT2D eigenvalue weighted by molar-refractivity contribution is 5.78. The van der Waals surface area contributed by atoms with E-state index in [1.54, 1.807) is 7.11 Å². The number of rotatable bonds is 4. The Labute approximate surface area is 100 Å². The molecule has 1 saturated heterocycles. The summed E-state index contributed by atoms with van der Waals surface area (Å²) in [6.07, 6.45) is 1.48. The third-order valence-electron chi connectivity index (χ3n) is 2.91. The summed E-state index contributed by atoms with van der Waals surface area (Å²) >= 11 is 0. The molecular formula is C12H17N3O2. The standard InChI is InChI=1S/C12H17N3O2/c1-17-10-4-2-3-9(12(10)13)14-7-8-5-6-11(16)15-8/h2-4,8,14H,5-7,13H2,1H3,(H,15,16). The summed E-state index contributed by atoms with van der Waals surface area (Å²) in [6, 6.07) is 5.78. The van der Waals surface area contributed by atoms with Crippen LogP contribution < -0.4 is 21.1 Å². The maximum absolute atomic E-state index is 11.0.